The molecule has 1 atom stereocenters. The minimum absolute atomic E-state index is 0.442. The monoisotopic (exact) mass is 271 g/mol. The van der Waals surface area contributed by atoms with Crippen molar-refractivity contribution in [2.75, 3.05) is 0 Å². The average molecular weight is 271 g/mol. The second-order valence-corrected chi connectivity index (χ2v) is 4.78. The lowest BCUT2D eigenvalue weighted by atomic mass is 10.2. The third-order valence-electron chi connectivity index (χ3n) is 3.32. The molecule has 0 aliphatic heterocycles. The molecule has 0 saturated heterocycles. The number of aryl methyl sites for hydroxylation is 1. The molecule has 3 aromatic rings. The Balaban J connectivity index is 1.85. The number of hydrogen-bond donors (Lipinski definition) is 1. The van der Waals surface area contributed by atoms with Crippen LogP contribution in [0.3, 0.4) is 0 Å². The molecule has 1 unspecified atom stereocenters. The van der Waals surface area contributed by atoms with Crippen LogP contribution in [0, 0.1) is 0 Å². The van der Waals surface area contributed by atoms with Crippen molar-refractivity contribution in [3.05, 3.63) is 42.5 Å². The Hall–Kier alpha value is -2.21. The van der Waals surface area contributed by atoms with Crippen LogP contribution in [-0.4, -0.2) is 29.7 Å². The number of benzene rings is 1. The first kappa shape index (κ1) is 12.8. The van der Waals surface area contributed by atoms with Gasteiger partial charge in [-0.15, -0.1) is 5.10 Å². The largest absolute Gasteiger partial charge is 0.385 e. The van der Waals surface area contributed by atoms with Gasteiger partial charge in [0, 0.05) is 6.54 Å². The number of rotatable bonds is 5. The Morgan fingerprint density at radius 1 is 1.30 bits per heavy atom. The van der Waals surface area contributed by atoms with Crippen LogP contribution in [0.25, 0.3) is 11.0 Å². The summed E-state index contributed by atoms with van der Waals surface area (Å²) in [6.07, 6.45) is 3.69. The van der Waals surface area contributed by atoms with Crippen LogP contribution in [0.4, 0.5) is 0 Å². The van der Waals surface area contributed by atoms with E-state index in [1.165, 1.54) is 0 Å². The van der Waals surface area contributed by atoms with E-state index in [4.69, 9.17) is 0 Å². The molecule has 0 saturated carbocycles. The number of nitrogens with zero attached hydrogens (tertiary/aromatic N) is 5. The van der Waals surface area contributed by atoms with E-state index in [1.54, 1.807) is 17.2 Å². The molecule has 0 radical (unpaired) electrons. The van der Waals surface area contributed by atoms with Crippen LogP contribution in [0.5, 0.6) is 0 Å². The van der Waals surface area contributed by atoms with Gasteiger partial charge < -0.3 is 9.67 Å². The standard InChI is InChI=1S/C14H17N5O/c1-2-7-19-13(8-16-17-19)14(20)9-18-10-15-11-5-3-4-6-12(11)18/h3-6,8,10,14,20H,2,7,9H2,1H3. The van der Waals surface area contributed by atoms with Crippen LogP contribution < -0.4 is 0 Å². The van der Waals surface area contributed by atoms with Crippen LogP contribution >= 0.6 is 0 Å². The zero-order valence-electron chi connectivity index (χ0n) is 11.3. The summed E-state index contributed by atoms with van der Waals surface area (Å²) in [5.74, 6) is 0. The summed E-state index contributed by atoms with van der Waals surface area (Å²) < 4.78 is 3.70. The van der Waals surface area contributed by atoms with Crippen molar-refractivity contribution < 1.29 is 5.11 Å². The normalized spacial score (nSPS) is 12.9. The van der Waals surface area contributed by atoms with Gasteiger partial charge in [0.1, 0.15) is 6.10 Å². The highest BCUT2D eigenvalue weighted by molar-refractivity contribution is 5.74. The molecular formula is C14H17N5O. The fourth-order valence-electron chi connectivity index (χ4n) is 2.34. The number of aromatic nitrogens is 5. The fraction of sp³-hybridized carbons (Fsp3) is 0.357. The van der Waals surface area contributed by atoms with Gasteiger partial charge in [-0.1, -0.05) is 24.3 Å². The van der Waals surface area contributed by atoms with E-state index in [0.29, 0.717) is 6.54 Å². The van der Waals surface area contributed by atoms with Crippen LogP contribution in [0.1, 0.15) is 25.1 Å². The molecule has 2 aromatic heterocycles. The second-order valence-electron chi connectivity index (χ2n) is 4.78. The molecule has 3 rings (SSSR count). The van der Waals surface area contributed by atoms with Gasteiger partial charge in [0.15, 0.2) is 0 Å². The Labute approximate surface area is 116 Å². The van der Waals surface area contributed by atoms with E-state index in [1.807, 2.05) is 28.8 Å². The van der Waals surface area contributed by atoms with E-state index in [-0.39, 0.29) is 0 Å². The zero-order chi connectivity index (χ0) is 13.9. The molecule has 20 heavy (non-hydrogen) atoms. The summed E-state index contributed by atoms with van der Waals surface area (Å²) in [5.41, 5.74) is 2.69. The highest BCUT2D eigenvalue weighted by Gasteiger charge is 2.15. The quantitative estimate of drug-likeness (QED) is 0.768. The van der Waals surface area contributed by atoms with Gasteiger partial charge in [-0.25, -0.2) is 9.67 Å². The summed E-state index contributed by atoms with van der Waals surface area (Å²) in [7, 11) is 0. The van der Waals surface area contributed by atoms with Crippen LogP contribution in [0.2, 0.25) is 0 Å². The molecule has 1 N–H and O–H groups in total. The van der Waals surface area contributed by atoms with E-state index in [0.717, 1.165) is 29.7 Å². The van der Waals surface area contributed by atoms with Crippen molar-refractivity contribution in [3.8, 4) is 0 Å². The topological polar surface area (TPSA) is 68.8 Å². The predicted octanol–water partition coefficient (Wildman–Crippen LogP) is 1.77. The van der Waals surface area contributed by atoms with Crippen LogP contribution in [0.15, 0.2) is 36.8 Å². The Bertz CT molecular complexity index is 702. The van der Waals surface area contributed by atoms with Crippen LogP contribution in [-0.2, 0) is 13.1 Å². The second kappa shape index (κ2) is 5.42. The van der Waals surface area contributed by atoms with Gasteiger partial charge in [-0.05, 0) is 18.6 Å². The van der Waals surface area contributed by atoms with Crippen molar-refractivity contribution in [2.24, 2.45) is 0 Å². The summed E-state index contributed by atoms with van der Waals surface area (Å²) in [6, 6.07) is 7.88. The molecule has 6 heteroatoms. The first-order chi connectivity index (χ1) is 9.79. The van der Waals surface area contributed by atoms with E-state index < -0.39 is 6.10 Å². The van der Waals surface area contributed by atoms with Crippen molar-refractivity contribution in [3.63, 3.8) is 0 Å². The molecule has 0 spiro atoms. The fourth-order valence-corrected chi connectivity index (χ4v) is 2.34. The Morgan fingerprint density at radius 2 is 2.15 bits per heavy atom. The summed E-state index contributed by atoms with van der Waals surface area (Å²) in [5, 5.41) is 18.3. The maximum atomic E-state index is 10.4. The van der Waals surface area contributed by atoms with E-state index in [2.05, 4.69) is 22.2 Å². The summed E-state index contributed by atoms with van der Waals surface area (Å²) in [4.78, 5) is 4.33. The first-order valence-electron chi connectivity index (χ1n) is 6.76. The summed E-state index contributed by atoms with van der Waals surface area (Å²) >= 11 is 0. The van der Waals surface area contributed by atoms with Gasteiger partial charge in [0.25, 0.3) is 0 Å². The molecule has 0 amide bonds. The Morgan fingerprint density at radius 3 is 3.00 bits per heavy atom. The lowest BCUT2D eigenvalue weighted by Gasteiger charge is -2.13. The molecule has 0 bridgehead atoms. The lowest BCUT2D eigenvalue weighted by Crippen LogP contribution is -2.14. The molecule has 0 aliphatic carbocycles. The number of imidazole rings is 1. The number of para-hydroxylation sites is 2. The van der Waals surface area contributed by atoms with Gasteiger partial charge >= 0.3 is 0 Å². The molecule has 1 aromatic carbocycles. The maximum Gasteiger partial charge on any atom is 0.115 e. The molecule has 104 valence electrons. The minimum atomic E-state index is -0.644. The average Bonchev–Trinajstić information content (AvgIpc) is 3.07. The number of aliphatic hydroxyl groups is 1. The van der Waals surface area contributed by atoms with Crippen molar-refractivity contribution in [1.82, 2.24) is 24.5 Å². The molecule has 0 aliphatic rings. The minimum Gasteiger partial charge on any atom is -0.385 e. The predicted molar refractivity (Wildman–Crippen MR) is 75.0 cm³/mol. The lowest BCUT2D eigenvalue weighted by molar-refractivity contribution is 0.147. The highest BCUT2D eigenvalue weighted by atomic mass is 16.3. The van der Waals surface area contributed by atoms with Gasteiger partial charge in [-0.2, -0.15) is 0 Å². The third-order valence-corrected chi connectivity index (χ3v) is 3.32. The van der Waals surface area contributed by atoms with Crippen molar-refractivity contribution in [1.29, 1.82) is 0 Å². The van der Waals surface area contributed by atoms with E-state index >= 15 is 0 Å². The maximum absolute atomic E-state index is 10.4. The van der Waals surface area contributed by atoms with Crippen molar-refractivity contribution in [2.45, 2.75) is 32.5 Å². The molecule has 0 fully saturated rings. The summed E-state index contributed by atoms with van der Waals surface area (Å²) in [6.45, 7) is 3.27. The first-order valence-corrected chi connectivity index (χ1v) is 6.76. The van der Waals surface area contributed by atoms with Gasteiger partial charge in [-0.3, -0.25) is 0 Å². The molecular weight excluding hydrogens is 254 g/mol. The highest BCUT2D eigenvalue weighted by Crippen LogP contribution is 2.18. The van der Waals surface area contributed by atoms with Crippen molar-refractivity contribution >= 4 is 11.0 Å². The molecule has 2 heterocycles. The number of fused-ring (bicyclic) bond motifs is 1. The van der Waals surface area contributed by atoms with Gasteiger partial charge in [0.2, 0.25) is 0 Å². The third kappa shape index (κ3) is 2.30. The SMILES string of the molecule is CCCn1nncc1C(O)Cn1cnc2ccccc21. The number of aliphatic hydroxyl groups excluding tert-OH is 1. The smallest absolute Gasteiger partial charge is 0.115 e. The zero-order valence-corrected chi connectivity index (χ0v) is 11.3. The van der Waals surface area contributed by atoms with Gasteiger partial charge in [0.05, 0.1) is 35.8 Å². The molecule has 6 nitrogen and oxygen atoms in total. The Kier molecular flexibility index (Phi) is 3.47. The number of hydrogen-bond acceptors (Lipinski definition) is 4. The van der Waals surface area contributed by atoms with E-state index in [9.17, 15) is 5.11 Å².